The van der Waals surface area contributed by atoms with E-state index in [1.807, 2.05) is 25.3 Å². The number of hydrogen-bond donors (Lipinski definition) is 0. The van der Waals surface area contributed by atoms with E-state index in [1.54, 1.807) is 22.2 Å². The van der Waals surface area contributed by atoms with Crippen molar-refractivity contribution in [2.75, 3.05) is 0 Å². The number of benzene rings is 1. The lowest BCUT2D eigenvalue weighted by atomic mass is 10.1. The van der Waals surface area contributed by atoms with Gasteiger partial charge in [0.05, 0.1) is 16.1 Å². The van der Waals surface area contributed by atoms with E-state index in [0.717, 1.165) is 32.6 Å². The number of carbonyl (C=O) groups excluding carboxylic acids is 1. The predicted octanol–water partition coefficient (Wildman–Crippen LogP) is 4.79. The highest BCUT2D eigenvalue weighted by molar-refractivity contribution is 9.10. The van der Waals surface area contributed by atoms with Gasteiger partial charge in [0.2, 0.25) is 0 Å². The Hall–Kier alpha value is -1.72. The van der Waals surface area contributed by atoms with Crippen molar-refractivity contribution >= 4 is 33.6 Å². The van der Waals surface area contributed by atoms with E-state index in [1.165, 1.54) is 5.56 Å². The highest BCUT2D eigenvalue weighted by Crippen LogP contribution is 2.31. The predicted molar refractivity (Wildman–Crippen MR) is 89.4 cm³/mol. The Kier molecular flexibility index (Phi) is 3.78. The summed E-state index contributed by atoms with van der Waals surface area (Å²) in [6, 6.07) is 8.19. The van der Waals surface area contributed by atoms with Gasteiger partial charge in [0.1, 0.15) is 5.69 Å². The first-order valence-electron chi connectivity index (χ1n) is 6.45. The van der Waals surface area contributed by atoms with E-state index in [-0.39, 0.29) is 0 Å². The molecular weight excluding hydrogens is 348 g/mol. The molecule has 0 bridgehead atoms. The molecule has 3 nitrogen and oxygen atoms in total. The third kappa shape index (κ3) is 2.71. The van der Waals surface area contributed by atoms with Crippen LogP contribution in [0.15, 0.2) is 40.3 Å². The van der Waals surface area contributed by atoms with Crippen molar-refractivity contribution < 1.29 is 4.79 Å². The number of aryl methyl sites for hydroxylation is 2. The fraction of sp³-hybridized carbons (Fsp3) is 0.125. The Bertz CT molecular complexity index is 820. The second kappa shape index (κ2) is 5.58. The quantitative estimate of drug-likeness (QED) is 0.629. The Labute approximate surface area is 135 Å². The van der Waals surface area contributed by atoms with Gasteiger partial charge in [-0.25, -0.2) is 4.68 Å². The lowest BCUT2D eigenvalue weighted by Crippen LogP contribution is -1.98. The molecule has 0 spiro atoms. The zero-order valence-corrected chi connectivity index (χ0v) is 14.0. The first-order valence-corrected chi connectivity index (χ1v) is 8.12. The molecular formula is C16H13BrN2OS. The summed E-state index contributed by atoms with van der Waals surface area (Å²) in [5, 5.41) is 6.60. The first-order chi connectivity index (χ1) is 10.1. The fourth-order valence-corrected chi connectivity index (χ4v) is 3.63. The molecule has 0 aliphatic carbocycles. The van der Waals surface area contributed by atoms with Crippen LogP contribution in [0.2, 0.25) is 0 Å². The minimum Gasteiger partial charge on any atom is -0.298 e. The van der Waals surface area contributed by atoms with Gasteiger partial charge < -0.3 is 0 Å². The summed E-state index contributed by atoms with van der Waals surface area (Å²) < 4.78 is 2.79. The summed E-state index contributed by atoms with van der Waals surface area (Å²) in [6.45, 7) is 4.09. The maximum atomic E-state index is 11.3. The van der Waals surface area contributed by atoms with E-state index < -0.39 is 0 Å². The van der Waals surface area contributed by atoms with Crippen LogP contribution in [0.3, 0.4) is 0 Å². The fourth-order valence-electron chi connectivity index (χ4n) is 2.19. The molecule has 2 aromatic heterocycles. The van der Waals surface area contributed by atoms with Crippen molar-refractivity contribution in [3.8, 4) is 16.3 Å². The molecule has 3 rings (SSSR count). The highest BCUT2D eigenvalue weighted by Gasteiger charge is 2.14. The van der Waals surface area contributed by atoms with Gasteiger partial charge in [-0.15, -0.1) is 11.3 Å². The van der Waals surface area contributed by atoms with Crippen LogP contribution in [-0.4, -0.2) is 16.1 Å². The van der Waals surface area contributed by atoms with Crippen LogP contribution in [-0.2, 0) is 0 Å². The van der Waals surface area contributed by atoms with Gasteiger partial charge in [-0.05, 0) is 53.0 Å². The monoisotopic (exact) mass is 360 g/mol. The van der Waals surface area contributed by atoms with Crippen LogP contribution in [0.25, 0.3) is 16.3 Å². The topological polar surface area (TPSA) is 34.9 Å². The Morgan fingerprint density at radius 1 is 1.29 bits per heavy atom. The molecule has 0 saturated heterocycles. The van der Waals surface area contributed by atoms with E-state index in [9.17, 15) is 4.79 Å². The Morgan fingerprint density at radius 2 is 2.10 bits per heavy atom. The maximum absolute atomic E-state index is 11.3. The molecule has 0 atom stereocenters. The zero-order chi connectivity index (χ0) is 15.0. The highest BCUT2D eigenvalue weighted by atomic mass is 79.9. The summed E-state index contributed by atoms with van der Waals surface area (Å²) in [6.07, 6.45) is 2.65. The molecule has 1 aromatic carbocycles. The van der Waals surface area contributed by atoms with Crippen LogP contribution < -0.4 is 0 Å². The molecule has 5 heteroatoms. The van der Waals surface area contributed by atoms with Gasteiger partial charge in [-0.1, -0.05) is 12.1 Å². The standard InChI is InChI=1S/C16H13BrN2OS/c1-10-3-4-11(2)14(5-10)19-7-12(8-20)16(18-19)15-6-13(17)9-21-15/h3-9H,1-2H3. The van der Waals surface area contributed by atoms with E-state index in [0.29, 0.717) is 5.56 Å². The molecule has 0 N–H and O–H groups in total. The summed E-state index contributed by atoms with van der Waals surface area (Å²) >= 11 is 5.00. The zero-order valence-electron chi connectivity index (χ0n) is 11.6. The molecule has 0 aliphatic heterocycles. The van der Waals surface area contributed by atoms with Crippen molar-refractivity contribution in [3.05, 3.63) is 57.0 Å². The minimum absolute atomic E-state index is 0.602. The Morgan fingerprint density at radius 3 is 2.76 bits per heavy atom. The van der Waals surface area contributed by atoms with E-state index in [4.69, 9.17) is 0 Å². The lowest BCUT2D eigenvalue weighted by molar-refractivity contribution is 0.112. The smallest absolute Gasteiger partial charge is 0.153 e. The van der Waals surface area contributed by atoms with Crippen molar-refractivity contribution in [2.45, 2.75) is 13.8 Å². The van der Waals surface area contributed by atoms with Crippen LogP contribution in [0.1, 0.15) is 21.5 Å². The summed E-state index contributed by atoms with van der Waals surface area (Å²) in [7, 11) is 0. The largest absolute Gasteiger partial charge is 0.298 e. The molecule has 0 radical (unpaired) electrons. The van der Waals surface area contributed by atoms with Crippen LogP contribution in [0.4, 0.5) is 0 Å². The number of nitrogens with zero attached hydrogens (tertiary/aromatic N) is 2. The lowest BCUT2D eigenvalue weighted by Gasteiger charge is -2.06. The number of aromatic nitrogens is 2. The third-order valence-electron chi connectivity index (χ3n) is 3.28. The number of carbonyl (C=O) groups is 1. The van der Waals surface area contributed by atoms with Crippen LogP contribution in [0.5, 0.6) is 0 Å². The Balaban J connectivity index is 2.15. The van der Waals surface area contributed by atoms with Gasteiger partial charge in [-0.3, -0.25) is 4.79 Å². The molecule has 0 amide bonds. The minimum atomic E-state index is 0.602. The van der Waals surface area contributed by atoms with E-state index >= 15 is 0 Å². The molecule has 3 aromatic rings. The third-order valence-corrected chi connectivity index (χ3v) is 4.98. The van der Waals surface area contributed by atoms with Crippen molar-refractivity contribution in [1.29, 1.82) is 0 Å². The molecule has 2 heterocycles. The molecule has 0 fully saturated rings. The normalized spacial score (nSPS) is 10.8. The molecule has 106 valence electrons. The van der Waals surface area contributed by atoms with Gasteiger partial charge in [0.15, 0.2) is 6.29 Å². The maximum Gasteiger partial charge on any atom is 0.153 e. The molecule has 0 saturated carbocycles. The number of aldehydes is 1. The summed E-state index contributed by atoms with van der Waals surface area (Å²) in [5.74, 6) is 0. The molecule has 0 aliphatic rings. The van der Waals surface area contributed by atoms with Gasteiger partial charge >= 0.3 is 0 Å². The van der Waals surface area contributed by atoms with Gasteiger partial charge in [-0.2, -0.15) is 5.10 Å². The number of rotatable bonds is 3. The van der Waals surface area contributed by atoms with Crippen molar-refractivity contribution in [1.82, 2.24) is 9.78 Å². The number of thiophene rings is 1. The number of halogens is 1. The van der Waals surface area contributed by atoms with Crippen LogP contribution in [0, 0.1) is 13.8 Å². The SMILES string of the molecule is Cc1ccc(C)c(-n2cc(C=O)c(-c3cc(Br)cs3)n2)c1. The average Bonchev–Trinajstić information content (AvgIpc) is 3.07. The van der Waals surface area contributed by atoms with Crippen molar-refractivity contribution in [2.24, 2.45) is 0 Å². The number of hydrogen-bond acceptors (Lipinski definition) is 3. The van der Waals surface area contributed by atoms with E-state index in [2.05, 4.69) is 39.2 Å². The van der Waals surface area contributed by atoms with Crippen LogP contribution >= 0.6 is 27.3 Å². The first kappa shape index (κ1) is 14.2. The average molecular weight is 361 g/mol. The van der Waals surface area contributed by atoms with Gasteiger partial charge in [0, 0.05) is 16.0 Å². The molecule has 0 unspecified atom stereocenters. The van der Waals surface area contributed by atoms with Crippen molar-refractivity contribution in [3.63, 3.8) is 0 Å². The van der Waals surface area contributed by atoms with Gasteiger partial charge in [0.25, 0.3) is 0 Å². The summed E-state index contributed by atoms with van der Waals surface area (Å²) in [5.41, 5.74) is 4.62. The second-order valence-corrected chi connectivity index (χ2v) is 6.74. The second-order valence-electron chi connectivity index (χ2n) is 4.91. The summed E-state index contributed by atoms with van der Waals surface area (Å²) in [4.78, 5) is 12.3. The molecule has 21 heavy (non-hydrogen) atoms.